The SMILES string of the molecule is CCCc1cc(CC)cc2c1O[C@@H](C(F)(F)F)C(C(=O)O)=C2. The van der Waals surface area contributed by atoms with Crippen molar-refractivity contribution in [3.05, 3.63) is 34.4 Å². The van der Waals surface area contributed by atoms with E-state index in [1.54, 1.807) is 6.07 Å². The van der Waals surface area contributed by atoms with E-state index in [0.717, 1.165) is 18.1 Å². The molecule has 1 atom stereocenters. The summed E-state index contributed by atoms with van der Waals surface area (Å²) in [5, 5.41) is 9.05. The summed E-state index contributed by atoms with van der Waals surface area (Å²) in [7, 11) is 0. The van der Waals surface area contributed by atoms with Gasteiger partial charge >= 0.3 is 12.1 Å². The zero-order valence-corrected chi connectivity index (χ0v) is 12.3. The average molecular weight is 314 g/mol. The van der Waals surface area contributed by atoms with E-state index in [-0.39, 0.29) is 5.75 Å². The van der Waals surface area contributed by atoms with E-state index >= 15 is 0 Å². The zero-order chi connectivity index (χ0) is 16.5. The average Bonchev–Trinajstić information content (AvgIpc) is 2.44. The van der Waals surface area contributed by atoms with Gasteiger partial charge in [0.05, 0.1) is 5.57 Å². The first kappa shape index (κ1) is 16.4. The number of halogens is 3. The van der Waals surface area contributed by atoms with E-state index in [1.165, 1.54) is 0 Å². The predicted octanol–water partition coefficient (Wildman–Crippen LogP) is 3.99. The minimum atomic E-state index is -4.77. The number of aryl methyl sites for hydroxylation is 2. The van der Waals surface area contributed by atoms with Crippen LogP contribution in [0.1, 0.15) is 37.0 Å². The van der Waals surface area contributed by atoms with Gasteiger partial charge < -0.3 is 9.84 Å². The Morgan fingerprint density at radius 1 is 1.32 bits per heavy atom. The molecule has 0 radical (unpaired) electrons. The molecule has 120 valence electrons. The van der Waals surface area contributed by atoms with Gasteiger partial charge in [-0.1, -0.05) is 26.3 Å². The molecule has 3 nitrogen and oxygen atoms in total. The van der Waals surface area contributed by atoms with Crippen LogP contribution in [0.15, 0.2) is 17.7 Å². The van der Waals surface area contributed by atoms with Gasteiger partial charge in [0, 0.05) is 5.56 Å². The number of carbonyl (C=O) groups is 1. The van der Waals surface area contributed by atoms with Crippen LogP contribution in [-0.4, -0.2) is 23.4 Å². The van der Waals surface area contributed by atoms with Crippen LogP contribution in [0.3, 0.4) is 0 Å². The van der Waals surface area contributed by atoms with Gasteiger partial charge in [-0.15, -0.1) is 0 Å². The highest BCUT2D eigenvalue weighted by molar-refractivity contribution is 5.95. The molecule has 1 aliphatic rings. The smallest absolute Gasteiger partial charge is 0.430 e. The van der Waals surface area contributed by atoms with Gasteiger partial charge in [0.15, 0.2) is 0 Å². The molecule has 1 aromatic carbocycles. The van der Waals surface area contributed by atoms with Gasteiger partial charge in [0.25, 0.3) is 0 Å². The molecular weight excluding hydrogens is 297 g/mol. The number of fused-ring (bicyclic) bond motifs is 1. The number of benzene rings is 1. The van der Waals surface area contributed by atoms with Crippen molar-refractivity contribution in [1.82, 2.24) is 0 Å². The standard InChI is InChI=1S/C16H17F3O3/c1-3-5-10-6-9(4-2)7-11-8-12(15(20)21)14(16(17,18)19)22-13(10)11/h6-8,14H,3-5H2,1-2H3,(H,20,21)/t14-/m1/s1. The Bertz CT molecular complexity index is 618. The monoisotopic (exact) mass is 314 g/mol. The highest BCUT2D eigenvalue weighted by Crippen LogP contribution is 2.40. The summed E-state index contributed by atoms with van der Waals surface area (Å²) in [6.45, 7) is 3.86. The number of aliphatic carboxylic acids is 1. The molecule has 0 bridgehead atoms. The molecule has 22 heavy (non-hydrogen) atoms. The molecule has 1 N–H and O–H groups in total. The topological polar surface area (TPSA) is 46.5 Å². The van der Waals surface area contributed by atoms with Crippen molar-refractivity contribution in [2.45, 2.75) is 45.4 Å². The van der Waals surface area contributed by atoms with Crippen molar-refractivity contribution in [1.29, 1.82) is 0 Å². The molecule has 0 amide bonds. The summed E-state index contributed by atoms with van der Waals surface area (Å²) in [6.07, 6.45) is -4.07. The summed E-state index contributed by atoms with van der Waals surface area (Å²) in [5.74, 6) is -1.47. The van der Waals surface area contributed by atoms with Crippen molar-refractivity contribution in [2.75, 3.05) is 0 Å². The summed E-state index contributed by atoms with van der Waals surface area (Å²) < 4.78 is 44.3. The van der Waals surface area contributed by atoms with E-state index in [0.29, 0.717) is 24.0 Å². The molecule has 0 spiro atoms. The quantitative estimate of drug-likeness (QED) is 0.914. The first-order chi connectivity index (χ1) is 10.3. The molecule has 1 heterocycles. The fourth-order valence-electron chi connectivity index (χ4n) is 2.53. The number of hydrogen-bond acceptors (Lipinski definition) is 2. The third-order valence-corrected chi connectivity index (χ3v) is 3.56. The maximum atomic E-state index is 13.1. The van der Waals surface area contributed by atoms with Gasteiger partial charge in [-0.3, -0.25) is 0 Å². The largest absolute Gasteiger partial charge is 0.478 e. The van der Waals surface area contributed by atoms with Crippen molar-refractivity contribution in [3.63, 3.8) is 0 Å². The van der Waals surface area contributed by atoms with Gasteiger partial charge in [0.2, 0.25) is 6.10 Å². The highest BCUT2D eigenvalue weighted by atomic mass is 19.4. The zero-order valence-electron chi connectivity index (χ0n) is 12.3. The molecule has 0 saturated carbocycles. The molecule has 2 rings (SSSR count). The van der Waals surface area contributed by atoms with Crippen LogP contribution in [-0.2, 0) is 17.6 Å². The van der Waals surface area contributed by atoms with E-state index in [2.05, 4.69) is 0 Å². The van der Waals surface area contributed by atoms with Crippen LogP contribution in [0.2, 0.25) is 0 Å². The Labute approximate surface area is 126 Å². The normalized spacial score (nSPS) is 17.5. The number of carboxylic acid groups (broad SMARTS) is 1. The van der Waals surface area contributed by atoms with Crippen molar-refractivity contribution in [3.8, 4) is 5.75 Å². The van der Waals surface area contributed by atoms with E-state index < -0.39 is 23.8 Å². The highest BCUT2D eigenvalue weighted by Gasteiger charge is 2.48. The minimum Gasteiger partial charge on any atom is -0.478 e. The second kappa shape index (κ2) is 6.02. The van der Waals surface area contributed by atoms with E-state index in [9.17, 15) is 18.0 Å². The number of alkyl halides is 3. The second-order valence-electron chi connectivity index (χ2n) is 5.22. The maximum Gasteiger partial charge on any atom is 0.430 e. The fourth-order valence-corrected chi connectivity index (χ4v) is 2.53. The third-order valence-electron chi connectivity index (χ3n) is 3.56. The summed E-state index contributed by atoms with van der Waals surface area (Å²) in [4.78, 5) is 11.1. The lowest BCUT2D eigenvalue weighted by atomic mass is 9.94. The number of hydrogen-bond donors (Lipinski definition) is 1. The minimum absolute atomic E-state index is 0.145. The van der Waals surface area contributed by atoms with Crippen molar-refractivity contribution in [2.24, 2.45) is 0 Å². The Balaban J connectivity index is 2.61. The number of rotatable bonds is 4. The Morgan fingerprint density at radius 2 is 2.00 bits per heavy atom. The Kier molecular flexibility index (Phi) is 4.49. The van der Waals surface area contributed by atoms with Gasteiger partial charge in [-0.2, -0.15) is 13.2 Å². The molecule has 0 aromatic heterocycles. The van der Waals surface area contributed by atoms with Crippen LogP contribution in [0, 0.1) is 0 Å². The van der Waals surface area contributed by atoms with Crippen molar-refractivity contribution >= 4 is 12.0 Å². The molecule has 0 aliphatic carbocycles. The predicted molar refractivity (Wildman–Crippen MR) is 75.9 cm³/mol. The van der Waals surface area contributed by atoms with Gasteiger partial charge in [0.1, 0.15) is 5.75 Å². The molecular formula is C16H17F3O3. The number of carboxylic acids is 1. The Hall–Kier alpha value is -1.98. The maximum absolute atomic E-state index is 13.1. The third kappa shape index (κ3) is 3.10. The lowest BCUT2D eigenvalue weighted by Crippen LogP contribution is -2.40. The van der Waals surface area contributed by atoms with Crippen LogP contribution in [0.25, 0.3) is 6.08 Å². The number of ether oxygens (including phenoxy) is 1. The Morgan fingerprint density at radius 3 is 2.50 bits per heavy atom. The van der Waals surface area contributed by atoms with E-state index in [4.69, 9.17) is 9.84 Å². The molecule has 1 aromatic rings. The molecule has 0 unspecified atom stereocenters. The molecule has 0 fully saturated rings. The second-order valence-corrected chi connectivity index (χ2v) is 5.22. The summed E-state index contributed by atoms with van der Waals surface area (Å²) >= 11 is 0. The first-order valence-electron chi connectivity index (χ1n) is 7.12. The van der Waals surface area contributed by atoms with Crippen LogP contribution < -0.4 is 4.74 Å². The first-order valence-corrected chi connectivity index (χ1v) is 7.12. The van der Waals surface area contributed by atoms with Crippen LogP contribution in [0.5, 0.6) is 5.75 Å². The lowest BCUT2D eigenvalue weighted by molar-refractivity contribution is -0.187. The molecule has 0 saturated heterocycles. The summed E-state index contributed by atoms with van der Waals surface area (Å²) in [6, 6.07) is 3.51. The van der Waals surface area contributed by atoms with Crippen LogP contribution in [0.4, 0.5) is 13.2 Å². The molecule has 1 aliphatic heterocycles. The fraction of sp³-hybridized carbons (Fsp3) is 0.438. The van der Waals surface area contributed by atoms with Crippen LogP contribution >= 0.6 is 0 Å². The van der Waals surface area contributed by atoms with Gasteiger partial charge in [-0.05, 0) is 36.1 Å². The van der Waals surface area contributed by atoms with Gasteiger partial charge in [-0.25, -0.2) is 4.79 Å². The summed E-state index contributed by atoms with van der Waals surface area (Å²) in [5.41, 5.74) is 1.25. The van der Waals surface area contributed by atoms with E-state index in [1.807, 2.05) is 19.9 Å². The van der Waals surface area contributed by atoms with Crippen molar-refractivity contribution < 1.29 is 27.8 Å². The lowest BCUT2D eigenvalue weighted by Gasteiger charge is -2.29. The molecule has 6 heteroatoms.